The van der Waals surface area contributed by atoms with Crippen molar-refractivity contribution in [2.24, 2.45) is 17.5 Å². The molecule has 20 atom stereocenters. The number of aliphatic hydroxyl groups is 15. The van der Waals surface area contributed by atoms with Gasteiger partial charge in [-0.15, -0.1) is 12.3 Å². The average molecular weight is 1170 g/mol. The van der Waals surface area contributed by atoms with Gasteiger partial charge in [0.25, 0.3) is 0 Å². The molecule has 0 radical (unpaired) electrons. The Kier molecular flexibility index (Phi) is 36.5. The molecule has 24 heteroatoms. The van der Waals surface area contributed by atoms with Crippen LogP contribution in [0.25, 0.3) is 0 Å². The molecule has 0 aromatic heterocycles. The zero-order valence-corrected chi connectivity index (χ0v) is 46.8. The first kappa shape index (κ1) is 71.3. The molecule has 0 saturated carbocycles. The monoisotopic (exact) mass is 1170 g/mol. The van der Waals surface area contributed by atoms with E-state index in [-0.39, 0.29) is 37.2 Å². The van der Waals surface area contributed by atoms with E-state index in [0.29, 0.717) is 25.7 Å². The van der Waals surface area contributed by atoms with E-state index in [4.69, 9.17) is 48.4 Å². The SMILES string of the molecule is C#CCCCCC(=O)CCC1O[C@H](O[C@H]2OC(CO)[C@@H](O)C(O)[C@H]2O)C(O)[C@@H](O)[C@@H]1O.CCCCCCC(=O)CCC1O[C@H](O[C@H]2OC(CO)[C@@H](O)C(O)[C@H]2O)C(O)[C@@H](O)[C@@H]1O.[3H]C(C)(C)C#CC#CC#CN.[3H]C(C)(C)C#CC#CC#CO. The van der Waals surface area contributed by atoms with Crippen molar-refractivity contribution in [3.05, 3.63) is 0 Å². The summed E-state index contributed by atoms with van der Waals surface area (Å²) in [5.41, 5.74) is 4.85. The van der Waals surface area contributed by atoms with Crippen molar-refractivity contribution >= 4 is 11.6 Å². The first-order chi connectivity index (χ1) is 39.5. The molecule has 24 nitrogen and oxygen atoms in total. The van der Waals surface area contributed by atoms with Gasteiger partial charge in [-0.25, -0.2) is 0 Å². The lowest BCUT2D eigenvalue weighted by atomic mass is 9.94. The Labute approximate surface area is 483 Å². The summed E-state index contributed by atoms with van der Waals surface area (Å²) in [5, 5.41) is 147. The van der Waals surface area contributed by atoms with Crippen LogP contribution in [0.4, 0.5) is 0 Å². The van der Waals surface area contributed by atoms with Crippen molar-refractivity contribution < 1.29 is 117 Å². The minimum absolute atomic E-state index is 0.00100. The number of aliphatic hydroxyl groups excluding tert-OH is 15. The fourth-order valence-corrected chi connectivity index (χ4v) is 7.82. The molecule has 0 spiro atoms. The predicted molar refractivity (Wildman–Crippen MR) is 290 cm³/mol. The fraction of sp³-hybridized carbons (Fsp3) is 0.724. The van der Waals surface area contributed by atoms with Crippen LogP contribution >= 0.6 is 0 Å². The number of carbonyl (C=O) groups is 2. The number of ketones is 2. The number of carbonyl (C=O) groups excluding carboxylic acids is 2. The van der Waals surface area contributed by atoms with Crippen LogP contribution in [0.5, 0.6) is 0 Å². The van der Waals surface area contributed by atoms with Crippen LogP contribution < -0.4 is 5.73 Å². The number of rotatable bonds is 21. The number of ether oxygens (including phenoxy) is 6. The predicted octanol–water partition coefficient (Wildman–Crippen LogP) is -3.36. The number of hydrogen-bond donors (Lipinski definition) is 16. The first-order valence-electron chi connectivity index (χ1n) is 27.7. The number of hydrogen-bond acceptors (Lipinski definition) is 24. The maximum atomic E-state index is 12.1. The van der Waals surface area contributed by atoms with Gasteiger partial charge in [0.05, 0.1) is 25.4 Å². The number of Topliss-reactive ketones (excluding diaryl/α,β-unsaturated/α-hetero) is 2. The first-order valence-corrected chi connectivity index (χ1v) is 26.7. The molecular formula is C58H85NO23. The van der Waals surface area contributed by atoms with E-state index in [1.54, 1.807) is 33.8 Å². The summed E-state index contributed by atoms with van der Waals surface area (Å²) in [6.07, 6.45) is -16.9. The summed E-state index contributed by atoms with van der Waals surface area (Å²) in [5.74, 6) is 25.0. The molecular weight excluding hydrogens is 1080 g/mol. The molecule has 0 aromatic carbocycles. The van der Waals surface area contributed by atoms with E-state index in [9.17, 15) is 81.1 Å². The van der Waals surface area contributed by atoms with Crippen LogP contribution in [0.3, 0.4) is 0 Å². The highest BCUT2D eigenvalue weighted by molar-refractivity contribution is 5.78. The lowest BCUT2D eigenvalue weighted by Crippen LogP contribution is -2.63. The standard InChI is InChI=1S/C20H36O11.C20H32O11.C9H9N.C9H8O/c2*1-2-3-4-5-6-10(22)7-8-11-13(23)15(25)17(27)19(29-11)31-20-18(28)16(26)14(24)12(9-21)30-20;2*1-9(2)7-5-3-4-6-8-10/h11-21,23-28H,2-9H2,1H3;1,11-21,23-28H,3-9H2;9H,10H2,1-2H3;9-10H,1-2H3/t2*11?,12?,13-,14-,15+,16?,17?,18-,19-,20-;;/m11../s1/i;;2*9T. The molecule has 4 fully saturated rings. The van der Waals surface area contributed by atoms with Gasteiger partial charge in [-0.05, 0) is 55.8 Å². The Morgan fingerprint density at radius 2 is 0.829 bits per heavy atom. The molecule has 4 heterocycles. The van der Waals surface area contributed by atoms with Crippen molar-refractivity contribution in [1.82, 2.24) is 0 Å². The van der Waals surface area contributed by atoms with Gasteiger partial charge in [-0.2, -0.15) is 0 Å². The van der Waals surface area contributed by atoms with Crippen molar-refractivity contribution in [3.63, 3.8) is 0 Å². The van der Waals surface area contributed by atoms with Crippen molar-refractivity contribution in [3.8, 4) is 83.7 Å². The average Bonchev–Trinajstić information content (AvgIpc) is 2.22. The molecule has 0 aliphatic carbocycles. The van der Waals surface area contributed by atoms with Crippen LogP contribution in [-0.2, 0) is 38.0 Å². The molecule has 4 rings (SSSR count). The van der Waals surface area contributed by atoms with Gasteiger partial charge in [-0.3, -0.25) is 9.59 Å². The molecule has 0 amide bonds. The lowest BCUT2D eigenvalue weighted by molar-refractivity contribution is -0.375. The van der Waals surface area contributed by atoms with E-state index < -0.39 is 148 Å². The van der Waals surface area contributed by atoms with Crippen LogP contribution in [-0.4, -0.2) is 224 Å². The van der Waals surface area contributed by atoms with Gasteiger partial charge < -0.3 is 111 Å². The normalized spacial score (nSPS) is 33.1. The Balaban J connectivity index is 0.000000622. The van der Waals surface area contributed by atoms with Gasteiger partial charge in [-0.1, -0.05) is 65.7 Å². The third kappa shape index (κ3) is 27.2. The van der Waals surface area contributed by atoms with E-state index in [0.717, 1.165) is 32.1 Å². The minimum atomic E-state index is -1.74. The topological polar surface area (TPSA) is 419 Å². The van der Waals surface area contributed by atoms with Gasteiger partial charge in [0, 0.05) is 76.4 Å². The van der Waals surface area contributed by atoms with E-state index >= 15 is 0 Å². The van der Waals surface area contributed by atoms with Crippen molar-refractivity contribution in [2.75, 3.05) is 13.2 Å². The number of terminal acetylenes is 1. The summed E-state index contributed by atoms with van der Waals surface area (Å²) in [7, 11) is 0. The summed E-state index contributed by atoms with van der Waals surface area (Å²) < 4.78 is 46.8. The molecule has 0 bridgehead atoms. The zero-order chi connectivity index (χ0) is 63.7. The highest BCUT2D eigenvalue weighted by atomic mass is 16.8. The maximum absolute atomic E-state index is 12.1. The Bertz CT molecular complexity index is 2330. The molecule has 0 aromatic rings. The molecule has 460 valence electrons. The minimum Gasteiger partial charge on any atom is -0.461 e. The van der Waals surface area contributed by atoms with Crippen LogP contribution in [0.2, 0.25) is 0 Å². The molecule has 4 aliphatic heterocycles. The third-order valence-corrected chi connectivity index (χ3v) is 12.4. The van der Waals surface area contributed by atoms with Gasteiger partial charge >= 0.3 is 0 Å². The van der Waals surface area contributed by atoms with Gasteiger partial charge in [0.2, 0.25) is 0 Å². The second-order valence-corrected chi connectivity index (χ2v) is 19.6. The van der Waals surface area contributed by atoms with Gasteiger partial charge in [0.1, 0.15) is 103 Å². The third-order valence-electron chi connectivity index (χ3n) is 12.4. The largest absolute Gasteiger partial charge is 0.461 e. The zero-order valence-electron chi connectivity index (χ0n) is 48.8. The van der Waals surface area contributed by atoms with E-state index in [1.807, 2.05) is 0 Å². The summed E-state index contributed by atoms with van der Waals surface area (Å²) in [6.45, 7) is 7.45. The highest BCUT2D eigenvalue weighted by Crippen LogP contribution is 2.32. The maximum Gasteiger partial charge on any atom is 0.189 e. The van der Waals surface area contributed by atoms with Crippen molar-refractivity contribution in [2.45, 2.75) is 241 Å². The van der Waals surface area contributed by atoms with Gasteiger partial charge in [0.15, 0.2) is 25.2 Å². The second-order valence-electron chi connectivity index (χ2n) is 19.6. The summed E-state index contributed by atoms with van der Waals surface area (Å²) in [6, 6.07) is 2.13. The Morgan fingerprint density at radius 3 is 1.16 bits per heavy atom. The van der Waals surface area contributed by atoms with Crippen LogP contribution in [0.1, 0.15) is 121 Å². The van der Waals surface area contributed by atoms with Crippen LogP contribution in [0, 0.1) is 95.5 Å². The summed E-state index contributed by atoms with van der Waals surface area (Å²) >= 11 is 0. The van der Waals surface area contributed by atoms with Crippen LogP contribution in [0.15, 0.2) is 0 Å². The lowest BCUT2D eigenvalue weighted by Gasteiger charge is -2.44. The van der Waals surface area contributed by atoms with Crippen molar-refractivity contribution in [1.29, 1.82) is 0 Å². The molecule has 4 saturated heterocycles. The molecule has 17 N–H and O–H groups in total. The number of nitrogens with two attached hydrogens (primary N) is 1. The molecule has 8 unspecified atom stereocenters. The summed E-state index contributed by atoms with van der Waals surface area (Å²) in [4.78, 5) is 24.1. The quantitative estimate of drug-likeness (QED) is 0.0303. The number of unbranched alkanes of at least 4 members (excludes halogenated alkanes) is 5. The van der Waals surface area contributed by atoms with E-state index in [2.05, 4.69) is 78.1 Å². The smallest absolute Gasteiger partial charge is 0.189 e. The Hall–Kier alpha value is -4.94. The fourth-order valence-electron chi connectivity index (χ4n) is 7.82. The second kappa shape index (κ2) is 42.0. The highest BCUT2D eigenvalue weighted by Gasteiger charge is 2.51. The Morgan fingerprint density at radius 1 is 0.488 bits per heavy atom. The molecule has 82 heavy (non-hydrogen) atoms. The van der Waals surface area contributed by atoms with E-state index in [1.165, 1.54) is 0 Å². The molecule has 4 aliphatic rings.